The van der Waals surface area contributed by atoms with Crippen molar-refractivity contribution in [1.82, 2.24) is 15.5 Å². The molecule has 2 aliphatic rings. The van der Waals surface area contributed by atoms with Crippen molar-refractivity contribution in [3.8, 4) is 0 Å². The number of piperidine rings is 1. The van der Waals surface area contributed by atoms with Gasteiger partial charge in [-0.15, -0.1) is 0 Å². The molecule has 2 saturated heterocycles. The van der Waals surface area contributed by atoms with Gasteiger partial charge in [0.1, 0.15) is 17.7 Å². The van der Waals surface area contributed by atoms with Crippen molar-refractivity contribution in [1.29, 1.82) is 0 Å². The highest BCUT2D eigenvalue weighted by atomic mass is 19.1. The second kappa shape index (κ2) is 12.8. The van der Waals surface area contributed by atoms with Crippen molar-refractivity contribution in [2.24, 2.45) is 11.3 Å². The number of benzene rings is 1. The number of halogens is 2. The maximum Gasteiger partial charge on any atom is 0.242 e. The Hall–Kier alpha value is -2.06. The molecule has 0 bridgehead atoms. The number of likely N-dealkylation sites (tertiary alicyclic amines) is 1. The summed E-state index contributed by atoms with van der Waals surface area (Å²) in [4.78, 5) is 28.9. The number of amides is 2. The summed E-state index contributed by atoms with van der Waals surface area (Å²) in [5.41, 5.74) is 0.0483. The zero-order chi connectivity index (χ0) is 25.4. The molecule has 0 radical (unpaired) electrons. The maximum absolute atomic E-state index is 13.7. The molecule has 8 heteroatoms. The molecular formula is C27H41F2N3O3. The van der Waals surface area contributed by atoms with Gasteiger partial charge >= 0.3 is 0 Å². The van der Waals surface area contributed by atoms with Crippen LogP contribution >= 0.6 is 0 Å². The fraction of sp³-hybridized carbons (Fsp3) is 0.704. The van der Waals surface area contributed by atoms with Crippen LogP contribution in [0.1, 0.15) is 71.3 Å². The zero-order valence-corrected chi connectivity index (χ0v) is 21.4. The van der Waals surface area contributed by atoms with Gasteiger partial charge in [-0.3, -0.25) is 14.5 Å². The van der Waals surface area contributed by atoms with Crippen LogP contribution in [0.4, 0.5) is 8.78 Å². The van der Waals surface area contributed by atoms with Gasteiger partial charge < -0.3 is 15.4 Å². The third-order valence-electron chi connectivity index (χ3n) is 7.15. The number of carbonyl (C=O) groups excluding carboxylic acids is 2. The number of nitrogens with zero attached hydrogens (tertiary/aromatic N) is 1. The van der Waals surface area contributed by atoms with Crippen LogP contribution < -0.4 is 10.6 Å². The van der Waals surface area contributed by atoms with Crippen LogP contribution in [0.15, 0.2) is 18.2 Å². The molecular weight excluding hydrogens is 452 g/mol. The number of hydrogen-bond donors (Lipinski definition) is 2. The van der Waals surface area contributed by atoms with Crippen LogP contribution in [0.3, 0.4) is 0 Å². The molecule has 2 heterocycles. The van der Waals surface area contributed by atoms with Gasteiger partial charge in [-0.2, -0.15) is 0 Å². The third-order valence-corrected chi connectivity index (χ3v) is 7.15. The van der Waals surface area contributed by atoms with Crippen molar-refractivity contribution >= 4 is 11.8 Å². The number of nitrogens with one attached hydrogen (secondary N) is 2. The van der Waals surface area contributed by atoms with Gasteiger partial charge in [0.2, 0.25) is 11.8 Å². The molecule has 2 atom stereocenters. The van der Waals surface area contributed by atoms with Crippen LogP contribution in [0.25, 0.3) is 0 Å². The molecule has 3 rings (SSSR count). The summed E-state index contributed by atoms with van der Waals surface area (Å²) in [6, 6.07) is 2.89. The predicted molar refractivity (Wildman–Crippen MR) is 132 cm³/mol. The molecule has 2 fully saturated rings. The van der Waals surface area contributed by atoms with Gasteiger partial charge in [-0.25, -0.2) is 8.78 Å². The standard InChI is InChI=1S/C27H41F2N3O3/c1-19(2)13-24-25(33)30-20(3)18-35-12-6-4-5-7-27(26(34)31-24)8-10-32(11-9-27)17-21-14-22(28)16-23(29)15-21/h14-16,19-20,24H,4-13,17-18H2,1-3H3,(H,30,33)(H,31,34)/t20-,24+/m1/s1. The Labute approximate surface area is 208 Å². The summed E-state index contributed by atoms with van der Waals surface area (Å²) in [6.07, 6.45) is 5.46. The average molecular weight is 494 g/mol. The van der Waals surface area contributed by atoms with Gasteiger partial charge in [0, 0.05) is 25.3 Å². The molecule has 6 nitrogen and oxygen atoms in total. The van der Waals surface area contributed by atoms with E-state index in [1.54, 1.807) is 0 Å². The quantitative estimate of drug-likeness (QED) is 0.661. The first kappa shape index (κ1) is 27.5. The zero-order valence-electron chi connectivity index (χ0n) is 21.4. The molecule has 0 unspecified atom stereocenters. The topological polar surface area (TPSA) is 70.7 Å². The lowest BCUT2D eigenvalue weighted by Crippen LogP contribution is -2.56. The average Bonchev–Trinajstić information content (AvgIpc) is 2.77. The minimum absolute atomic E-state index is 0.0456. The molecule has 35 heavy (non-hydrogen) atoms. The first-order valence-corrected chi connectivity index (χ1v) is 13.0. The fourth-order valence-corrected chi connectivity index (χ4v) is 5.19. The summed E-state index contributed by atoms with van der Waals surface area (Å²) in [6.45, 7) is 8.87. The van der Waals surface area contributed by atoms with E-state index in [1.165, 1.54) is 12.1 Å². The Morgan fingerprint density at radius 2 is 1.71 bits per heavy atom. The maximum atomic E-state index is 13.7. The van der Waals surface area contributed by atoms with Crippen LogP contribution in [0.2, 0.25) is 0 Å². The second-order valence-corrected chi connectivity index (χ2v) is 10.8. The van der Waals surface area contributed by atoms with E-state index in [-0.39, 0.29) is 23.8 Å². The van der Waals surface area contributed by atoms with Crippen LogP contribution in [-0.2, 0) is 20.9 Å². The molecule has 2 aliphatic heterocycles. The van der Waals surface area contributed by atoms with Gasteiger partial charge in [0.25, 0.3) is 0 Å². The van der Waals surface area contributed by atoms with Crippen molar-refractivity contribution in [2.75, 3.05) is 26.3 Å². The molecule has 0 aliphatic carbocycles. The summed E-state index contributed by atoms with van der Waals surface area (Å²) in [5, 5.41) is 6.10. The van der Waals surface area contributed by atoms with Crippen LogP contribution in [0.5, 0.6) is 0 Å². The molecule has 0 saturated carbocycles. The van der Waals surface area contributed by atoms with Crippen molar-refractivity contribution in [3.05, 3.63) is 35.4 Å². The fourth-order valence-electron chi connectivity index (χ4n) is 5.19. The second-order valence-electron chi connectivity index (χ2n) is 10.8. The van der Waals surface area contributed by atoms with Crippen molar-refractivity contribution < 1.29 is 23.1 Å². The molecule has 1 aromatic rings. The molecule has 0 aromatic heterocycles. The highest BCUT2D eigenvalue weighted by Gasteiger charge is 2.42. The minimum atomic E-state index is -0.585. The minimum Gasteiger partial charge on any atom is -0.379 e. The number of ether oxygens (including phenoxy) is 1. The Kier molecular flexibility index (Phi) is 10.0. The molecule has 2 N–H and O–H groups in total. The van der Waals surface area contributed by atoms with E-state index in [1.807, 2.05) is 20.8 Å². The largest absolute Gasteiger partial charge is 0.379 e. The summed E-state index contributed by atoms with van der Waals surface area (Å²) in [5.74, 6) is -1.11. The Bertz CT molecular complexity index is 836. The summed E-state index contributed by atoms with van der Waals surface area (Å²) in [7, 11) is 0. The number of hydrogen-bond acceptors (Lipinski definition) is 4. The van der Waals surface area contributed by atoms with Gasteiger partial charge in [-0.1, -0.05) is 26.7 Å². The van der Waals surface area contributed by atoms with E-state index < -0.39 is 23.1 Å². The van der Waals surface area contributed by atoms with E-state index in [0.717, 1.165) is 31.7 Å². The van der Waals surface area contributed by atoms with E-state index in [0.29, 0.717) is 57.7 Å². The van der Waals surface area contributed by atoms with Crippen molar-refractivity contribution in [2.45, 2.75) is 84.3 Å². The first-order valence-electron chi connectivity index (χ1n) is 13.0. The SMILES string of the molecule is CC(C)C[C@@H]1NC(=O)C2(CCCCCOC[C@@H](C)NC1=O)CCN(Cc1cc(F)cc(F)c1)CC2. The monoisotopic (exact) mass is 493 g/mol. The summed E-state index contributed by atoms with van der Waals surface area (Å²) >= 11 is 0. The smallest absolute Gasteiger partial charge is 0.242 e. The normalized spacial score (nSPS) is 25.2. The van der Waals surface area contributed by atoms with E-state index in [9.17, 15) is 18.4 Å². The molecule has 1 spiro atoms. The highest BCUT2D eigenvalue weighted by Crippen LogP contribution is 2.38. The third kappa shape index (κ3) is 8.24. The first-order chi connectivity index (χ1) is 16.7. The van der Waals surface area contributed by atoms with Crippen LogP contribution in [-0.4, -0.2) is 55.1 Å². The van der Waals surface area contributed by atoms with Gasteiger partial charge in [0.15, 0.2) is 0 Å². The van der Waals surface area contributed by atoms with E-state index >= 15 is 0 Å². The van der Waals surface area contributed by atoms with E-state index in [4.69, 9.17) is 4.74 Å². The Morgan fingerprint density at radius 1 is 1.03 bits per heavy atom. The van der Waals surface area contributed by atoms with Crippen LogP contribution in [0, 0.1) is 23.0 Å². The summed E-state index contributed by atoms with van der Waals surface area (Å²) < 4.78 is 33.0. The number of carbonyl (C=O) groups is 2. The van der Waals surface area contributed by atoms with Crippen molar-refractivity contribution in [3.63, 3.8) is 0 Å². The lowest BCUT2D eigenvalue weighted by molar-refractivity contribution is -0.139. The highest BCUT2D eigenvalue weighted by molar-refractivity contribution is 5.90. The predicted octanol–water partition coefficient (Wildman–Crippen LogP) is 4.17. The Morgan fingerprint density at radius 3 is 2.37 bits per heavy atom. The lowest BCUT2D eigenvalue weighted by Gasteiger charge is -2.41. The molecule has 2 amide bonds. The van der Waals surface area contributed by atoms with E-state index in [2.05, 4.69) is 15.5 Å². The number of rotatable bonds is 4. The lowest BCUT2D eigenvalue weighted by atomic mass is 9.73. The molecule has 196 valence electrons. The van der Waals surface area contributed by atoms with Gasteiger partial charge in [-0.05, 0) is 75.7 Å². The molecule has 1 aromatic carbocycles. The van der Waals surface area contributed by atoms with Gasteiger partial charge in [0.05, 0.1) is 12.0 Å². The Balaban J connectivity index is 1.72.